The lowest BCUT2D eigenvalue weighted by molar-refractivity contribution is -0.137. The molecule has 24 heavy (non-hydrogen) atoms. The molecule has 7 heteroatoms. The van der Waals surface area contributed by atoms with Crippen LogP contribution in [0.25, 0.3) is 0 Å². The fourth-order valence-electron chi connectivity index (χ4n) is 1.94. The quantitative estimate of drug-likeness (QED) is 0.671. The largest absolute Gasteiger partial charge is 0.483 e. The van der Waals surface area contributed by atoms with Crippen molar-refractivity contribution in [3.63, 3.8) is 0 Å². The van der Waals surface area contributed by atoms with Gasteiger partial charge in [0, 0.05) is 5.56 Å². The van der Waals surface area contributed by atoms with Crippen LogP contribution in [0.15, 0.2) is 53.6 Å². The first-order chi connectivity index (χ1) is 11.4. The molecule has 0 unspecified atom stereocenters. The van der Waals surface area contributed by atoms with Gasteiger partial charge in [0.15, 0.2) is 6.61 Å². The van der Waals surface area contributed by atoms with Crippen molar-refractivity contribution in [1.82, 2.24) is 5.43 Å². The van der Waals surface area contributed by atoms with Gasteiger partial charge in [0.1, 0.15) is 5.75 Å². The van der Waals surface area contributed by atoms with Gasteiger partial charge in [-0.2, -0.15) is 18.3 Å². The van der Waals surface area contributed by atoms with Crippen LogP contribution < -0.4 is 10.2 Å². The third kappa shape index (κ3) is 4.84. The number of amides is 1. The van der Waals surface area contributed by atoms with Crippen LogP contribution in [-0.4, -0.2) is 18.7 Å². The summed E-state index contributed by atoms with van der Waals surface area (Å²) < 4.78 is 43.7. The van der Waals surface area contributed by atoms with Crippen molar-refractivity contribution in [3.05, 3.63) is 65.2 Å². The number of alkyl halides is 3. The molecule has 0 saturated carbocycles. The Kier molecular flexibility index (Phi) is 5.57. The van der Waals surface area contributed by atoms with Crippen LogP contribution in [0.5, 0.6) is 5.75 Å². The van der Waals surface area contributed by atoms with Crippen LogP contribution in [0.1, 0.15) is 16.7 Å². The Balaban J connectivity index is 1.93. The number of nitrogens with zero attached hydrogens (tertiary/aromatic N) is 1. The number of hydrazone groups is 1. The molecule has 1 N–H and O–H groups in total. The Morgan fingerprint density at radius 3 is 2.54 bits per heavy atom. The first-order valence-electron chi connectivity index (χ1n) is 7.04. The van der Waals surface area contributed by atoms with Crippen molar-refractivity contribution in [2.75, 3.05) is 6.61 Å². The average molecular weight is 336 g/mol. The monoisotopic (exact) mass is 336 g/mol. The van der Waals surface area contributed by atoms with E-state index in [1.807, 2.05) is 19.1 Å². The van der Waals surface area contributed by atoms with Gasteiger partial charge in [-0.1, -0.05) is 36.4 Å². The smallest absolute Gasteiger partial charge is 0.417 e. The highest BCUT2D eigenvalue weighted by atomic mass is 19.4. The molecular weight excluding hydrogens is 321 g/mol. The number of carbonyl (C=O) groups is 1. The minimum atomic E-state index is -4.49. The Morgan fingerprint density at radius 1 is 1.17 bits per heavy atom. The molecule has 0 fully saturated rings. The van der Waals surface area contributed by atoms with Crippen molar-refractivity contribution in [2.24, 2.45) is 5.10 Å². The molecular formula is C17H15F3N2O2. The number of hydrogen-bond donors (Lipinski definition) is 1. The number of hydrogen-bond acceptors (Lipinski definition) is 3. The molecule has 1 amide bonds. The van der Waals surface area contributed by atoms with Gasteiger partial charge in [0.2, 0.25) is 0 Å². The molecule has 0 aliphatic rings. The number of rotatable bonds is 5. The summed E-state index contributed by atoms with van der Waals surface area (Å²) in [5.74, 6) is -0.0157. The van der Waals surface area contributed by atoms with E-state index >= 15 is 0 Å². The van der Waals surface area contributed by atoms with Gasteiger partial charge in [-0.3, -0.25) is 4.79 Å². The molecule has 2 aromatic rings. The second-order valence-corrected chi connectivity index (χ2v) is 4.93. The highest BCUT2D eigenvalue weighted by Crippen LogP contribution is 2.31. The van der Waals surface area contributed by atoms with Crippen LogP contribution >= 0.6 is 0 Å². The van der Waals surface area contributed by atoms with Crippen LogP contribution in [0.4, 0.5) is 13.2 Å². The lowest BCUT2D eigenvalue weighted by atomic mass is 10.1. The van der Waals surface area contributed by atoms with Gasteiger partial charge in [-0.25, -0.2) is 5.43 Å². The molecule has 0 radical (unpaired) electrons. The number of ether oxygens (including phenoxy) is 1. The summed E-state index contributed by atoms with van der Waals surface area (Å²) in [5.41, 5.74) is 2.05. The number of carbonyl (C=O) groups excluding carboxylic acids is 1. The number of para-hydroxylation sites is 1. The molecule has 0 heterocycles. The summed E-state index contributed by atoms with van der Waals surface area (Å²) in [5, 5.41) is 3.55. The summed E-state index contributed by atoms with van der Waals surface area (Å²) in [4.78, 5) is 11.6. The normalized spacial score (nSPS) is 11.5. The van der Waals surface area contributed by atoms with Crippen molar-refractivity contribution >= 4 is 12.1 Å². The van der Waals surface area contributed by atoms with Gasteiger partial charge in [-0.15, -0.1) is 0 Å². The summed E-state index contributed by atoms with van der Waals surface area (Å²) in [6, 6.07) is 12.1. The van der Waals surface area contributed by atoms with Crippen molar-refractivity contribution in [1.29, 1.82) is 0 Å². The standard InChI is InChI=1S/C17H15F3N2O2/c1-12-6-2-5-9-15(12)24-11-16(23)22-21-10-13-7-3-4-8-14(13)17(18,19)20/h2-10H,11H2,1H3,(H,22,23)/b21-10-. The van der Waals surface area contributed by atoms with Gasteiger partial charge in [-0.05, 0) is 24.6 Å². The molecule has 4 nitrogen and oxygen atoms in total. The third-order valence-corrected chi connectivity index (χ3v) is 3.11. The molecule has 0 aromatic heterocycles. The number of halogens is 3. The second-order valence-electron chi connectivity index (χ2n) is 4.93. The summed E-state index contributed by atoms with van der Waals surface area (Å²) in [7, 11) is 0. The van der Waals surface area contributed by atoms with E-state index in [1.54, 1.807) is 12.1 Å². The van der Waals surface area contributed by atoms with E-state index < -0.39 is 17.6 Å². The minimum absolute atomic E-state index is 0.134. The predicted octanol–water partition coefficient (Wildman–Crippen LogP) is 3.54. The summed E-state index contributed by atoms with van der Waals surface area (Å²) in [6.45, 7) is 1.54. The molecule has 0 atom stereocenters. The first kappa shape index (κ1) is 17.5. The van der Waals surface area contributed by atoms with Gasteiger partial charge < -0.3 is 4.74 Å². The minimum Gasteiger partial charge on any atom is -0.483 e. The van der Waals surface area contributed by atoms with E-state index in [9.17, 15) is 18.0 Å². The number of benzene rings is 2. The summed E-state index contributed by atoms with van der Waals surface area (Å²) in [6.07, 6.45) is -3.53. The lowest BCUT2D eigenvalue weighted by Crippen LogP contribution is -2.25. The third-order valence-electron chi connectivity index (χ3n) is 3.11. The van der Waals surface area contributed by atoms with Crippen LogP contribution in [0, 0.1) is 6.92 Å². The van der Waals surface area contributed by atoms with Gasteiger partial charge in [0.25, 0.3) is 5.91 Å². The number of nitrogens with one attached hydrogen (secondary N) is 1. The topological polar surface area (TPSA) is 50.7 Å². The lowest BCUT2D eigenvalue weighted by Gasteiger charge is -2.09. The van der Waals surface area contributed by atoms with E-state index in [4.69, 9.17) is 4.74 Å². The maximum atomic E-state index is 12.8. The molecule has 0 bridgehead atoms. The molecule has 126 valence electrons. The van der Waals surface area contributed by atoms with Crippen molar-refractivity contribution < 1.29 is 22.7 Å². The van der Waals surface area contributed by atoms with Crippen LogP contribution in [-0.2, 0) is 11.0 Å². The van der Waals surface area contributed by atoms with E-state index in [0.717, 1.165) is 17.8 Å². The zero-order valence-electron chi connectivity index (χ0n) is 12.8. The number of aryl methyl sites for hydroxylation is 1. The van der Waals surface area contributed by atoms with Gasteiger partial charge in [0.05, 0.1) is 11.8 Å². The Hall–Kier alpha value is -2.83. The van der Waals surface area contributed by atoms with Crippen LogP contribution in [0.2, 0.25) is 0 Å². The van der Waals surface area contributed by atoms with E-state index in [1.165, 1.54) is 18.2 Å². The maximum absolute atomic E-state index is 12.8. The van der Waals surface area contributed by atoms with Crippen LogP contribution in [0.3, 0.4) is 0 Å². The van der Waals surface area contributed by atoms with Crippen molar-refractivity contribution in [2.45, 2.75) is 13.1 Å². The average Bonchev–Trinajstić information content (AvgIpc) is 2.53. The summed E-state index contributed by atoms with van der Waals surface area (Å²) >= 11 is 0. The van der Waals surface area contributed by atoms with Gasteiger partial charge >= 0.3 is 6.18 Å². The SMILES string of the molecule is Cc1ccccc1OCC(=O)N/N=C\c1ccccc1C(F)(F)F. The molecule has 0 spiro atoms. The Labute approximate surface area is 137 Å². The highest BCUT2D eigenvalue weighted by Gasteiger charge is 2.32. The molecule has 0 aliphatic heterocycles. The fraction of sp³-hybridized carbons (Fsp3) is 0.176. The Bertz CT molecular complexity index is 743. The first-order valence-corrected chi connectivity index (χ1v) is 7.04. The zero-order valence-corrected chi connectivity index (χ0v) is 12.8. The van der Waals surface area contributed by atoms with E-state index in [-0.39, 0.29) is 12.2 Å². The van der Waals surface area contributed by atoms with Crippen molar-refractivity contribution in [3.8, 4) is 5.75 Å². The molecule has 0 aliphatic carbocycles. The zero-order chi connectivity index (χ0) is 17.6. The molecule has 2 aromatic carbocycles. The maximum Gasteiger partial charge on any atom is 0.417 e. The molecule has 0 saturated heterocycles. The Morgan fingerprint density at radius 2 is 1.83 bits per heavy atom. The van der Waals surface area contributed by atoms with E-state index in [2.05, 4.69) is 10.5 Å². The predicted molar refractivity (Wildman–Crippen MR) is 83.9 cm³/mol. The van der Waals surface area contributed by atoms with E-state index in [0.29, 0.717) is 5.75 Å². The fourth-order valence-corrected chi connectivity index (χ4v) is 1.94. The molecule has 2 rings (SSSR count). The highest BCUT2D eigenvalue weighted by molar-refractivity contribution is 5.84. The second kappa shape index (κ2) is 7.63.